The van der Waals surface area contributed by atoms with Crippen molar-refractivity contribution in [1.82, 2.24) is 18.7 Å². The molecule has 2 aromatic rings. The van der Waals surface area contributed by atoms with Crippen LogP contribution in [0, 0.1) is 0 Å². The fourth-order valence-corrected chi connectivity index (χ4v) is 2.09. The van der Waals surface area contributed by atoms with Crippen LogP contribution in [0.2, 0.25) is 0 Å². The molecule has 0 aliphatic heterocycles. The number of carbonyl (C=O) groups excluding carboxylic acids is 1. The standard InChI is InChI=1S/C12H16N4O3/c1-14-8-13-10-9(14)11(18)16(12(19)15(10)2)6-4-3-5-7-17/h7-8H,3-6H2,1-2H3. The molecule has 7 heteroatoms. The zero-order chi connectivity index (χ0) is 14.0. The van der Waals surface area contributed by atoms with Crippen LogP contribution in [0.1, 0.15) is 19.3 Å². The first-order valence-electron chi connectivity index (χ1n) is 6.12. The highest BCUT2D eigenvalue weighted by Gasteiger charge is 2.14. The van der Waals surface area contributed by atoms with E-state index in [2.05, 4.69) is 4.98 Å². The number of aromatic nitrogens is 4. The normalized spacial score (nSPS) is 11.1. The highest BCUT2D eigenvalue weighted by atomic mass is 16.2. The second-order valence-electron chi connectivity index (χ2n) is 4.49. The van der Waals surface area contributed by atoms with Crippen molar-refractivity contribution in [2.24, 2.45) is 14.1 Å². The van der Waals surface area contributed by atoms with Crippen molar-refractivity contribution in [2.75, 3.05) is 0 Å². The van der Waals surface area contributed by atoms with Gasteiger partial charge in [0, 0.05) is 27.1 Å². The maximum absolute atomic E-state index is 12.3. The van der Waals surface area contributed by atoms with Crippen molar-refractivity contribution >= 4 is 17.5 Å². The highest BCUT2D eigenvalue weighted by Crippen LogP contribution is 2.03. The summed E-state index contributed by atoms with van der Waals surface area (Å²) in [5.74, 6) is 0. The molecule has 0 aliphatic rings. The van der Waals surface area contributed by atoms with E-state index in [1.54, 1.807) is 18.7 Å². The summed E-state index contributed by atoms with van der Waals surface area (Å²) < 4.78 is 4.18. The molecule has 0 N–H and O–H groups in total. The number of aryl methyl sites for hydroxylation is 2. The van der Waals surface area contributed by atoms with Gasteiger partial charge < -0.3 is 9.36 Å². The van der Waals surface area contributed by atoms with Gasteiger partial charge in [-0.05, 0) is 12.8 Å². The third-order valence-electron chi connectivity index (χ3n) is 3.15. The van der Waals surface area contributed by atoms with Crippen molar-refractivity contribution in [3.8, 4) is 0 Å². The van der Waals surface area contributed by atoms with E-state index in [0.717, 1.165) is 6.29 Å². The molecular formula is C12H16N4O3. The SMILES string of the molecule is Cn1cnc2c1c(=O)n(CCCCC=O)c(=O)n2C. The van der Waals surface area contributed by atoms with E-state index >= 15 is 0 Å². The Morgan fingerprint density at radius 3 is 2.68 bits per heavy atom. The van der Waals surface area contributed by atoms with E-state index in [9.17, 15) is 14.4 Å². The predicted molar refractivity (Wildman–Crippen MR) is 70.1 cm³/mol. The number of hydrogen-bond acceptors (Lipinski definition) is 4. The number of nitrogens with zero attached hydrogens (tertiary/aromatic N) is 4. The Labute approximate surface area is 109 Å². The van der Waals surface area contributed by atoms with E-state index in [4.69, 9.17) is 0 Å². The van der Waals surface area contributed by atoms with E-state index in [0.29, 0.717) is 37.0 Å². The smallest absolute Gasteiger partial charge is 0.328 e. The first-order valence-corrected chi connectivity index (χ1v) is 6.12. The summed E-state index contributed by atoms with van der Waals surface area (Å²) in [6.45, 7) is 0.320. The first kappa shape index (κ1) is 13.3. The summed E-state index contributed by atoms with van der Waals surface area (Å²) >= 11 is 0. The van der Waals surface area contributed by atoms with Gasteiger partial charge in [0.05, 0.1) is 6.33 Å². The molecule has 2 heterocycles. The summed E-state index contributed by atoms with van der Waals surface area (Å²) in [5, 5.41) is 0. The first-order chi connectivity index (χ1) is 9.07. The van der Waals surface area contributed by atoms with E-state index in [-0.39, 0.29) is 11.2 Å². The maximum atomic E-state index is 12.3. The average Bonchev–Trinajstić information content (AvgIpc) is 2.77. The number of unbranched alkanes of at least 4 members (excludes halogenated alkanes) is 2. The maximum Gasteiger partial charge on any atom is 0.332 e. The van der Waals surface area contributed by atoms with E-state index in [1.165, 1.54) is 15.5 Å². The Morgan fingerprint density at radius 2 is 2.00 bits per heavy atom. The zero-order valence-corrected chi connectivity index (χ0v) is 11.0. The molecule has 0 spiro atoms. The number of hydrogen-bond donors (Lipinski definition) is 0. The molecule has 19 heavy (non-hydrogen) atoms. The lowest BCUT2D eigenvalue weighted by molar-refractivity contribution is -0.107. The minimum absolute atomic E-state index is 0.320. The highest BCUT2D eigenvalue weighted by molar-refractivity contribution is 5.69. The topological polar surface area (TPSA) is 78.9 Å². The molecule has 0 saturated heterocycles. The van der Waals surface area contributed by atoms with Crippen LogP contribution in [-0.2, 0) is 25.4 Å². The van der Waals surface area contributed by atoms with Crippen molar-refractivity contribution in [3.05, 3.63) is 27.2 Å². The molecule has 0 unspecified atom stereocenters. The lowest BCUT2D eigenvalue weighted by atomic mass is 10.2. The summed E-state index contributed by atoms with van der Waals surface area (Å²) in [4.78, 5) is 38.6. The fourth-order valence-electron chi connectivity index (χ4n) is 2.09. The Balaban J connectivity index is 2.49. The van der Waals surface area contributed by atoms with Crippen molar-refractivity contribution in [2.45, 2.75) is 25.8 Å². The van der Waals surface area contributed by atoms with Gasteiger partial charge in [0.2, 0.25) is 0 Å². The minimum Gasteiger partial charge on any atom is -0.328 e. The molecule has 0 radical (unpaired) electrons. The van der Waals surface area contributed by atoms with Gasteiger partial charge in [-0.3, -0.25) is 13.9 Å². The second-order valence-corrected chi connectivity index (χ2v) is 4.49. The molecule has 0 aromatic carbocycles. The third-order valence-corrected chi connectivity index (χ3v) is 3.15. The quantitative estimate of drug-likeness (QED) is 0.553. The average molecular weight is 264 g/mol. The lowest BCUT2D eigenvalue weighted by Crippen LogP contribution is -2.39. The van der Waals surface area contributed by atoms with Gasteiger partial charge in [0.1, 0.15) is 6.29 Å². The molecular weight excluding hydrogens is 248 g/mol. The molecule has 0 fully saturated rings. The van der Waals surface area contributed by atoms with Crippen LogP contribution in [-0.4, -0.2) is 25.0 Å². The lowest BCUT2D eigenvalue weighted by Gasteiger charge is -2.07. The predicted octanol–water partition coefficient (Wildman–Crippen LogP) is -0.197. The minimum atomic E-state index is -0.373. The zero-order valence-electron chi connectivity index (χ0n) is 11.0. The fraction of sp³-hybridized carbons (Fsp3) is 0.500. The molecule has 0 atom stereocenters. The van der Waals surface area contributed by atoms with Crippen LogP contribution in [0.25, 0.3) is 11.2 Å². The van der Waals surface area contributed by atoms with Crippen LogP contribution in [0.4, 0.5) is 0 Å². The van der Waals surface area contributed by atoms with Gasteiger partial charge in [-0.25, -0.2) is 9.78 Å². The Hall–Kier alpha value is -2.18. The Bertz CT molecular complexity index is 723. The molecule has 7 nitrogen and oxygen atoms in total. The van der Waals surface area contributed by atoms with Crippen molar-refractivity contribution < 1.29 is 4.79 Å². The molecule has 0 bridgehead atoms. The number of fused-ring (bicyclic) bond motifs is 1. The van der Waals surface area contributed by atoms with Gasteiger partial charge in [0.25, 0.3) is 5.56 Å². The van der Waals surface area contributed by atoms with E-state index in [1.807, 2.05) is 0 Å². The van der Waals surface area contributed by atoms with Gasteiger partial charge in [-0.15, -0.1) is 0 Å². The third kappa shape index (κ3) is 2.23. The summed E-state index contributed by atoms with van der Waals surface area (Å²) in [6, 6.07) is 0. The number of aldehydes is 1. The van der Waals surface area contributed by atoms with Gasteiger partial charge in [-0.2, -0.15) is 0 Å². The molecule has 0 amide bonds. The molecule has 2 aromatic heterocycles. The van der Waals surface area contributed by atoms with Crippen molar-refractivity contribution in [1.29, 1.82) is 0 Å². The Kier molecular flexibility index (Phi) is 3.64. The number of imidazole rings is 1. The van der Waals surface area contributed by atoms with Crippen LogP contribution in [0.15, 0.2) is 15.9 Å². The van der Waals surface area contributed by atoms with Crippen LogP contribution < -0.4 is 11.2 Å². The van der Waals surface area contributed by atoms with Crippen LogP contribution in [0.3, 0.4) is 0 Å². The van der Waals surface area contributed by atoms with Gasteiger partial charge >= 0.3 is 5.69 Å². The van der Waals surface area contributed by atoms with Gasteiger partial charge in [0.15, 0.2) is 11.2 Å². The summed E-state index contributed by atoms with van der Waals surface area (Å²) in [5.41, 5.74) is 0.102. The largest absolute Gasteiger partial charge is 0.332 e. The number of rotatable bonds is 5. The molecule has 0 aliphatic carbocycles. The Morgan fingerprint density at radius 1 is 1.26 bits per heavy atom. The molecule has 102 valence electrons. The summed E-state index contributed by atoms with van der Waals surface area (Å²) in [6.07, 6.45) is 4.09. The monoisotopic (exact) mass is 264 g/mol. The van der Waals surface area contributed by atoms with Crippen LogP contribution in [0.5, 0.6) is 0 Å². The van der Waals surface area contributed by atoms with Gasteiger partial charge in [-0.1, -0.05) is 0 Å². The van der Waals surface area contributed by atoms with E-state index < -0.39 is 0 Å². The molecule has 0 saturated carbocycles. The number of carbonyl (C=O) groups is 1. The molecule has 2 rings (SSSR count). The van der Waals surface area contributed by atoms with Crippen molar-refractivity contribution in [3.63, 3.8) is 0 Å². The second kappa shape index (κ2) is 5.21. The van der Waals surface area contributed by atoms with Crippen LogP contribution >= 0.6 is 0 Å². The summed E-state index contributed by atoms with van der Waals surface area (Å²) in [7, 11) is 3.32.